The van der Waals surface area contributed by atoms with Crippen molar-refractivity contribution in [2.24, 2.45) is 0 Å². The molecule has 5 nitrogen and oxygen atoms in total. The minimum Gasteiger partial charge on any atom is -0.322 e. The van der Waals surface area contributed by atoms with Crippen LogP contribution in [-0.4, -0.2) is 23.3 Å². The second kappa shape index (κ2) is 6.05. The summed E-state index contributed by atoms with van der Waals surface area (Å²) in [5.41, 5.74) is 4.76. The summed E-state index contributed by atoms with van der Waals surface area (Å²) in [5, 5.41) is 2.90. The van der Waals surface area contributed by atoms with Gasteiger partial charge in [0.1, 0.15) is 0 Å². The number of amides is 2. The highest BCUT2D eigenvalue weighted by atomic mass is 32.1. The molecule has 3 aromatic rings. The topological polar surface area (TPSA) is 62.3 Å². The Kier molecular flexibility index (Phi) is 3.74. The minimum atomic E-state index is -0.171. The Hall–Kier alpha value is -2.73. The van der Waals surface area contributed by atoms with Crippen LogP contribution < -0.4 is 10.2 Å². The number of benzene rings is 2. The lowest BCUT2D eigenvalue weighted by Gasteiger charge is -2.16. The van der Waals surface area contributed by atoms with Crippen LogP contribution in [0.4, 0.5) is 11.4 Å². The molecule has 1 aromatic heterocycles. The van der Waals surface area contributed by atoms with E-state index in [4.69, 9.17) is 0 Å². The van der Waals surface area contributed by atoms with Gasteiger partial charge in [-0.15, -0.1) is 11.3 Å². The number of nitrogens with one attached hydrogen (secondary N) is 1. The molecule has 0 atom stereocenters. The summed E-state index contributed by atoms with van der Waals surface area (Å²) in [6, 6.07) is 12.9. The second-order valence-corrected chi connectivity index (χ2v) is 6.57. The van der Waals surface area contributed by atoms with E-state index in [0.717, 1.165) is 28.9 Å². The van der Waals surface area contributed by atoms with Gasteiger partial charge in [-0.25, -0.2) is 4.98 Å². The van der Waals surface area contributed by atoms with Crippen LogP contribution in [0.1, 0.15) is 23.2 Å². The van der Waals surface area contributed by atoms with Gasteiger partial charge in [-0.05, 0) is 42.8 Å². The fourth-order valence-corrected chi connectivity index (χ4v) is 3.59. The van der Waals surface area contributed by atoms with Crippen molar-refractivity contribution < 1.29 is 9.59 Å². The quantitative estimate of drug-likeness (QED) is 0.793. The average molecular weight is 337 g/mol. The molecule has 0 unspecified atom stereocenters. The second-order valence-electron chi connectivity index (χ2n) is 5.69. The van der Waals surface area contributed by atoms with E-state index in [1.54, 1.807) is 16.5 Å². The van der Waals surface area contributed by atoms with E-state index in [-0.39, 0.29) is 11.8 Å². The van der Waals surface area contributed by atoms with Crippen molar-refractivity contribution in [2.75, 3.05) is 16.8 Å². The molecular weight excluding hydrogens is 322 g/mol. The zero-order valence-electron chi connectivity index (χ0n) is 12.9. The Morgan fingerprint density at radius 3 is 2.96 bits per heavy atom. The molecule has 6 heteroatoms. The van der Waals surface area contributed by atoms with Gasteiger partial charge in [-0.2, -0.15) is 0 Å². The molecule has 1 saturated heterocycles. The molecule has 0 spiro atoms. The van der Waals surface area contributed by atoms with Gasteiger partial charge in [0.2, 0.25) is 5.91 Å². The largest absolute Gasteiger partial charge is 0.322 e. The average Bonchev–Trinajstić information content (AvgIpc) is 3.22. The van der Waals surface area contributed by atoms with Crippen molar-refractivity contribution in [1.29, 1.82) is 0 Å². The summed E-state index contributed by atoms with van der Waals surface area (Å²) in [6.45, 7) is 0.734. The molecule has 120 valence electrons. The predicted molar refractivity (Wildman–Crippen MR) is 95.6 cm³/mol. The third kappa shape index (κ3) is 2.76. The van der Waals surface area contributed by atoms with Crippen LogP contribution in [0.5, 0.6) is 0 Å². The zero-order chi connectivity index (χ0) is 16.5. The maximum absolute atomic E-state index is 12.5. The molecule has 2 aromatic carbocycles. The van der Waals surface area contributed by atoms with Crippen LogP contribution in [0.25, 0.3) is 10.2 Å². The lowest BCUT2D eigenvalue weighted by atomic mass is 10.2. The molecule has 24 heavy (non-hydrogen) atoms. The van der Waals surface area contributed by atoms with Gasteiger partial charge in [-0.3, -0.25) is 9.59 Å². The van der Waals surface area contributed by atoms with E-state index in [1.807, 2.05) is 36.4 Å². The molecular formula is C18H15N3O2S. The SMILES string of the molecule is O=C(Nc1cccc(N2CCCC2=O)c1)c1ccc2ncsc2c1. The molecule has 1 fully saturated rings. The number of fused-ring (bicyclic) bond motifs is 1. The minimum absolute atomic E-state index is 0.133. The fraction of sp³-hybridized carbons (Fsp3) is 0.167. The van der Waals surface area contributed by atoms with Crippen LogP contribution in [0.3, 0.4) is 0 Å². The van der Waals surface area contributed by atoms with Crippen molar-refractivity contribution in [3.63, 3.8) is 0 Å². The highest BCUT2D eigenvalue weighted by Gasteiger charge is 2.21. The van der Waals surface area contributed by atoms with Crippen LogP contribution in [-0.2, 0) is 4.79 Å². The van der Waals surface area contributed by atoms with Gasteiger partial charge in [0, 0.05) is 29.9 Å². The lowest BCUT2D eigenvalue weighted by Crippen LogP contribution is -2.23. The number of rotatable bonds is 3. The van der Waals surface area contributed by atoms with E-state index in [2.05, 4.69) is 10.3 Å². The standard InChI is InChI=1S/C18H15N3O2S/c22-17-5-2-8-21(17)14-4-1-3-13(10-14)20-18(23)12-6-7-15-16(9-12)24-11-19-15/h1,3-4,6-7,9-11H,2,5,8H2,(H,20,23). The van der Waals surface area contributed by atoms with Gasteiger partial charge in [-0.1, -0.05) is 6.07 Å². The van der Waals surface area contributed by atoms with Gasteiger partial charge >= 0.3 is 0 Å². The number of thiazole rings is 1. The number of anilines is 2. The first-order chi connectivity index (χ1) is 11.7. The summed E-state index contributed by atoms with van der Waals surface area (Å²) in [7, 11) is 0. The summed E-state index contributed by atoms with van der Waals surface area (Å²) in [5.74, 6) is -0.0377. The lowest BCUT2D eigenvalue weighted by molar-refractivity contribution is -0.117. The molecule has 0 aliphatic carbocycles. The number of carbonyl (C=O) groups excluding carboxylic acids is 2. The molecule has 0 saturated carbocycles. The van der Waals surface area contributed by atoms with E-state index in [0.29, 0.717) is 17.7 Å². The normalized spacial score (nSPS) is 14.3. The Bertz CT molecular complexity index is 935. The summed E-state index contributed by atoms with van der Waals surface area (Å²) >= 11 is 1.51. The van der Waals surface area contributed by atoms with E-state index in [1.165, 1.54) is 11.3 Å². The number of aromatic nitrogens is 1. The van der Waals surface area contributed by atoms with Crippen molar-refractivity contribution in [1.82, 2.24) is 4.98 Å². The van der Waals surface area contributed by atoms with Crippen molar-refractivity contribution in [2.45, 2.75) is 12.8 Å². The fourth-order valence-electron chi connectivity index (χ4n) is 2.87. The monoisotopic (exact) mass is 337 g/mol. The Balaban J connectivity index is 1.56. The Morgan fingerprint density at radius 1 is 1.21 bits per heavy atom. The van der Waals surface area contributed by atoms with Crippen LogP contribution in [0.2, 0.25) is 0 Å². The van der Waals surface area contributed by atoms with Crippen LogP contribution >= 0.6 is 11.3 Å². The van der Waals surface area contributed by atoms with Crippen molar-refractivity contribution in [3.8, 4) is 0 Å². The number of carbonyl (C=O) groups is 2. The first-order valence-electron chi connectivity index (χ1n) is 7.76. The number of hydrogen-bond donors (Lipinski definition) is 1. The first kappa shape index (κ1) is 14.8. The zero-order valence-corrected chi connectivity index (χ0v) is 13.7. The molecule has 4 rings (SSSR count). The van der Waals surface area contributed by atoms with Crippen molar-refractivity contribution in [3.05, 3.63) is 53.5 Å². The van der Waals surface area contributed by atoms with E-state index < -0.39 is 0 Å². The molecule has 0 radical (unpaired) electrons. The molecule has 0 bridgehead atoms. The van der Waals surface area contributed by atoms with Crippen LogP contribution in [0, 0.1) is 0 Å². The van der Waals surface area contributed by atoms with Gasteiger partial charge < -0.3 is 10.2 Å². The molecule has 1 aliphatic heterocycles. The smallest absolute Gasteiger partial charge is 0.255 e. The van der Waals surface area contributed by atoms with Crippen molar-refractivity contribution >= 4 is 44.7 Å². The summed E-state index contributed by atoms with van der Waals surface area (Å²) in [6.07, 6.45) is 1.47. The third-order valence-electron chi connectivity index (χ3n) is 4.08. The van der Waals surface area contributed by atoms with Gasteiger partial charge in [0.15, 0.2) is 0 Å². The third-order valence-corrected chi connectivity index (χ3v) is 4.87. The number of nitrogens with zero attached hydrogens (tertiary/aromatic N) is 2. The molecule has 2 heterocycles. The van der Waals surface area contributed by atoms with Crippen LogP contribution in [0.15, 0.2) is 48.0 Å². The molecule has 1 aliphatic rings. The Morgan fingerprint density at radius 2 is 2.12 bits per heavy atom. The predicted octanol–water partition coefficient (Wildman–Crippen LogP) is 3.68. The molecule has 1 N–H and O–H groups in total. The van der Waals surface area contributed by atoms with E-state index >= 15 is 0 Å². The van der Waals surface area contributed by atoms with E-state index in [9.17, 15) is 9.59 Å². The highest BCUT2D eigenvalue weighted by molar-refractivity contribution is 7.16. The summed E-state index contributed by atoms with van der Waals surface area (Å²) in [4.78, 5) is 30.3. The highest BCUT2D eigenvalue weighted by Crippen LogP contribution is 2.25. The Labute approximate surface area is 142 Å². The van der Waals surface area contributed by atoms with Gasteiger partial charge in [0.25, 0.3) is 5.91 Å². The van der Waals surface area contributed by atoms with Gasteiger partial charge in [0.05, 0.1) is 15.7 Å². The maximum atomic E-state index is 12.5. The maximum Gasteiger partial charge on any atom is 0.255 e. The molecule has 2 amide bonds. The number of hydrogen-bond acceptors (Lipinski definition) is 4. The summed E-state index contributed by atoms with van der Waals surface area (Å²) < 4.78 is 0.985. The first-order valence-corrected chi connectivity index (χ1v) is 8.64.